The van der Waals surface area contributed by atoms with E-state index in [0.717, 1.165) is 0 Å². The number of hydrogen-bond acceptors (Lipinski definition) is 4. The average molecular weight is 231 g/mol. The van der Waals surface area contributed by atoms with Crippen molar-refractivity contribution in [1.29, 1.82) is 5.26 Å². The molecule has 0 aromatic carbocycles. The van der Waals surface area contributed by atoms with E-state index >= 15 is 0 Å². The van der Waals surface area contributed by atoms with Crippen LogP contribution in [-0.2, 0) is 0 Å². The largest absolute Gasteiger partial charge is 0.505 e. The minimum absolute atomic E-state index is 0.000283. The molecule has 0 saturated heterocycles. The van der Waals surface area contributed by atoms with Gasteiger partial charge in [-0.3, -0.25) is 0 Å². The molecule has 0 amide bonds. The minimum atomic E-state index is 0.000283. The summed E-state index contributed by atoms with van der Waals surface area (Å²) in [5.74, 6) is 0.941. The van der Waals surface area contributed by atoms with Crippen LogP contribution in [0.15, 0.2) is 18.5 Å². The molecule has 1 N–H and O–H groups in total. The van der Waals surface area contributed by atoms with E-state index in [0.29, 0.717) is 29.4 Å². The Bertz CT molecular complexity index is 581. The summed E-state index contributed by atoms with van der Waals surface area (Å²) in [7, 11) is 0. The van der Waals surface area contributed by atoms with E-state index in [-0.39, 0.29) is 5.75 Å². The molecule has 17 heavy (non-hydrogen) atoms. The third-order valence-corrected chi connectivity index (χ3v) is 2.27. The first-order valence-electron chi connectivity index (χ1n) is 5.35. The molecular weight excluding hydrogens is 218 g/mol. The van der Waals surface area contributed by atoms with Crippen molar-refractivity contribution in [3.63, 3.8) is 0 Å². The van der Waals surface area contributed by atoms with Crippen molar-refractivity contribution in [2.45, 2.75) is 13.8 Å². The molecule has 5 heteroatoms. The maximum absolute atomic E-state index is 9.83. The quantitative estimate of drug-likeness (QED) is 0.876. The molecule has 0 spiro atoms. The van der Waals surface area contributed by atoms with Crippen LogP contribution in [0.25, 0.3) is 5.52 Å². The standard InChI is InChI=1S/C12H13N3O2/c1-8(2)7-17-10-3-11(16)12-9(4-13)5-14-15(12)6-10/h3,5-6,8,16H,7H2,1-2H3. The molecule has 0 radical (unpaired) electrons. The first-order chi connectivity index (χ1) is 8.11. The SMILES string of the molecule is CC(C)COc1cc(O)c2c(C#N)cnn2c1. The van der Waals surface area contributed by atoms with Gasteiger partial charge in [0.05, 0.1) is 19.0 Å². The number of aromatic hydroxyl groups is 1. The number of rotatable bonds is 3. The van der Waals surface area contributed by atoms with Gasteiger partial charge in [-0.25, -0.2) is 4.52 Å². The van der Waals surface area contributed by atoms with Gasteiger partial charge in [-0.2, -0.15) is 10.4 Å². The third kappa shape index (κ3) is 2.16. The van der Waals surface area contributed by atoms with Crippen LogP contribution in [-0.4, -0.2) is 21.3 Å². The highest BCUT2D eigenvalue weighted by Gasteiger charge is 2.10. The Morgan fingerprint density at radius 3 is 3.00 bits per heavy atom. The summed E-state index contributed by atoms with van der Waals surface area (Å²) in [5.41, 5.74) is 0.752. The van der Waals surface area contributed by atoms with Crippen molar-refractivity contribution in [1.82, 2.24) is 9.61 Å². The van der Waals surface area contributed by atoms with E-state index in [1.54, 1.807) is 6.20 Å². The Kier molecular flexibility index (Phi) is 2.88. The zero-order chi connectivity index (χ0) is 12.4. The molecule has 0 saturated carbocycles. The number of ether oxygens (including phenoxy) is 1. The topological polar surface area (TPSA) is 70.5 Å². The molecule has 0 aliphatic carbocycles. The predicted molar refractivity (Wildman–Crippen MR) is 61.9 cm³/mol. The fourth-order valence-corrected chi connectivity index (χ4v) is 1.50. The number of hydrogen-bond donors (Lipinski definition) is 1. The highest BCUT2D eigenvalue weighted by atomic mass is 16.5. The summed E-state index contributed by atoms with van der Waals surface area (Å²) in [5, 5.41) is 22.7. The number of nitrogens with zero attached hydrogens (tertiary/aromatic N) is 3. The molecule has 88 valence electrons. The van der Waals surface area contributed by atoms with Crippen LogP contribution in [0.2, 0.25) is 0 Å². The molecule has 0 bridgehead atoms. The maximum Gasteiger partial charge on any atom is 0.146 e. The van der Waals surface area contributed by atoms with Gasteiger partial charge >= 0.3 is 0 Å². The molecule has 2 aromatic rings. The number of pyridine rings is 1. The van der Waals surface area contributed by atoms with Crippen molar-refractivity contribution in [3.05, 3.63) is 24.0 Å². The van der Waals surface area contributed by atoms with Crippen LogP contribution in [0.5, 0.6) is 11.5 Å². The normalized spacial score (nSPS) is 10.7. The highest BCUT2D eigenvalue weighted by molar-refractivity contribution is 5.69. The molecule has 0 fully saturated rings. The Hall–Kier alpha value is -2.22. The van der Waals surface area contributed by atoms with Crippen LogP contribution < -0.4 is 4.74 Å². The first-order valence-corrected chi connectivity index (χ1v) is 5.35. The third-order valence-electron chi connectivity index (χ3n) is 2.27. The molecule has 2 rings (SSSR count). The van der Waals surface area contributed by atoms with Gasteiger partial charge in [0.15, 0.2) is 0 Å². The maximum atomic E-state index is 9.83. The van der Waals surface area contributed by atoms with Crippen molar-refractivity contribution in [2.75, 3.05) is 6.61 Å². The zero-order valence-electron chi connectivity index (χ0n) is 9.71. The predicted octanol–water partition coefficient (Wildman–Crippen LogP) is 1.95. The number of aromatic nitrogens is 2. The van der Waals surface area contributed by atoms with Gasteiger partial charge in [-0.15, -0.1) is 0 Å². The second-order valence-corrected chi connectivity index (χ2v) is 4.23. The van der Waals surface area contributed by atoms with E-state index in [9.17, 15) is 5.11 Å². The van der Waals surface area contributed by atoms with E-state index in [2.05, 4.69) is 5.10 Å². The van der Waals surface area contributed by atoms with E-state index in [4.69, 9.17) is 10.00 Å². The van der Waals surface area contributed by atoms with Gasteiger partial charge in [-0.1, -0.05) is 13.8 Å². The lowest BCUT2D eigenvalue weighted by Gasteiger charge is -2.09. The van der Waals surface area contributed by atoms with E-state index < -0.39 is 0 Å². The smallest absolute Gasteiger partial charge is 0.146 e. The molecule has 0 aliphatic heterocycles. The van der Waals surface area contributed by atoms with Gasteiger partial charge in [0, 0.05) is 6.07 Å². The van der Waals surface area contributed by atoms with Crippen LogP contribution in [0.3, 0.4) is 0 Å². The molecule has 5 nitrogen and oxygen atoms in total. The average Bonchev–Trinajstić information content (AvgIpc) is 2.69. The van der Waals surface area contributed by atoms with Gasteiger partial charge in [0.25, 0.3) is 0 Å². The Morgan fingerprint density at radius 2 is 2.35 bits per heavy atom. The summed E-state index contributed by atoms with van der Waals surface area (Å²) in [4.78, 5) is 0. The second kappa shape index (κ2) is 4.34. The summed E-state index contributed by atoms with van der Waals surface area (Å²) in [6, 6.07) is 3.48. The molecule has 2 aromatic heterocycles. The first kappa shape index (κ1) is 11.3. The van der Waals surface area contributed by atoms with E-state index in [1.165, 1.54) is 16.8 Å². The lowest BCUT2D eigenvalue weighted by molar-refractivity contribution is 0.268. The lowest BCUT2D eigenvalue weighted by atomic mass is 10.2. The number of fused-ring (bicyclic) bond motifs is 1. The highest BCUT2D eigenvalue weighted by Crippen LogP contribution is 2.26. The molecule has 0 atom stereocenters. The van der Waals surface area contributed by atoms with Gasteiger partial charge in [0.2, 0.25) is 0 Å². The Morgan fingerprint density at radius 1 is 1.59 bits per heavy atom. The van der Waals surface area contributed by atoms with Crippen molar-refractivity contribution < 1.29 is 9.84 Å². The fraction of sp³-hybridized carbons (Fsp3) is 0.333. The monoisotopic (exact) mass is 231 g/mol. The van der Waals surface area contributed by atoms with E-state index in [1.807, 2.05) is 19.9 Å². The Labute approximate surface area is 98.9 Å². The van der Waals surface area contributed by atoms with Crippen LogP contribution in [0.1, 0.15) is 19.4 Å². The van der Waals surface area contributed by atoms with Crippen LogP contribution >= 0.6 is 0 Å². The molecule has 0 aliphatic rings. The minimum Gasteiger partial charge on any atom is -0.505 e. The van der Waals surface area contributed by atoms with Crippen molar-refractivity contribution in [2.24, 2.45) is 5.92 Å². The van der Waals surface area contributed by atoms with Crippen LogP contribution in [0, 0.1) is 17.2 Å². The zero-order valence-corrected chi connectivity index (χ0v) is 9.71. The lowest BCUT2D eigenvalue weighted by Crippen LogP contribution is -2.05. The summed E-state index contributed by atoms with van der Waals surface area (Å²) >= 11 is 0. The van der Waals surface area contributed by atoms with Crippen molar-refractivity contribution >= 4 is 5.52 Å². The summed E-state index contributed by atoms with van der Waals surface area (Å²) in [6.07, 6.45) is 3.07. The van der Waals surface area contributed by atoms with Gasteiger partial charge < -0.3 is 9.84 Å². The van der Waals surface area contributed by atoms with Crippen molar-refractivity contribution in [3.8, 4) is 17.6 Å². The Balaban J connectivity index is 2.40. The number of nitriles is 1. The molecule has 2 heterocycles. The summed E-state index contributed by atoms with van der Waals surface area (Å²) in [6.45, 7) is 4.65. The molecule has 0 unspecified atom stereocenters. The van der Waals surface area contributed by atoms with Gasteiger partial charge in [-0.05, 0) is 5.92 Å². The van der Waals surface area contributed by atoms with Gasteiger partial charge in [0.1, 0.15) is 28.6 Å². The summed E-state index contributed by atoms with van der Waals surface area (Å²) < 4.78 is 6.94. The second-order valence-electron chi connectivity index (χ2n) is 4.23. The fourth-order valence-electron chi connectivity index (χ4n) is 1.50. The van der Waals surface area contributed by atoms with Crippen LogP contribution in [0.4, 0.5) is 0 Å². The molecular formula is C12H13N3O2.